The molecule has 2 unspecified atom stereocenters. The molecular formula is C7H14FNS. The summed E-state index contributed by atoms with van der Waals surface area (Å²) in [5.41, 5.74) is 0. The average molecular weight is 163 g/mol. The number of rotatable bonds is 1. The first kappa shape index (κ1) is 8.34. The van der Waals surface area contributed by atoms with Crippen molar-refractivity contribution < 1.29 is 4.39 Å². The van der Waals surface area contributed by atoms with E-state index in [1.807, 2.05) is 6.92 Å². The quantitative estimate of drug-likeness (QED) is 0.554. The van der Waals surface area contributed by atoms with Crippen LogP contribution in [0.4, 0.5) is 4.39 Å². The van der Waals surface area contributed by atoms with E-state index in [1.165, 1.54) is 0 Å². The Kier molecular flexibility index (Phi) is 2.98. The van der Waals surface area contributed by atoms with E-state index in [0.717, 1.165) is 6.54 Å². The number of halogens is 1. The number of alkyl halides is 1. The Hall–Kier alpha value is 0.240. The summed E-state index contributed by atoms with van der Waals surface area (Å²) in [5, 5.41) is 3.35. The summed E-state index contributed by atoms with van der Waals surface area (Å²) in [6.07, 6.45) is 0.0193. The lowest BCUT2D eigenvalue weighted by Crippen LogP contribution is -2.40. The van der Waals surface area contributed by atoms with Gasteiger partial charge in [0.25, 0.3) is 0 Å². The first-order valence-corrected chi connectivity index (χ1v) is 4.24. The van der Waals surface area contributed by atoms with E-state index in [0.29, 0.717) is 24.1 Å². The topological polar surface area (TPSA) is 12.0 Å². The zero-order valence-corrected chi connectivity index (χ0v) is 7.07. The molecule has 0 aromatic carbocycles. The fourth-order valence-electron chi connectivity index (χ4n) is 1.29. The molecule has 60 valence electrons. The molecule has 1 rings (SSSR count). The lowest BCUT2D eigenvalue weighted by atomic mass is 9.95. The van der Waals surface area contributed by atoms with E-state index in [2.05, 4.69) is 17.9 Å². The zero-order chi connectivity index (χ0) is 7.56. The first-order valence-electron chi connectivity index (χ1n) is 3.73. The highest BCUT2D eigenvalue weighted by atomic mass is 32.1. The van der Waals surface area contributed by atoms with Gasteiger partial charge in [0.1, 0.15) is 6.17 Å². The molecule has 0 saturated carbocycles. The van der Waals surface area contributed by atoms with Gasteiger partial charge in [-0.25, -0.2) is 4.39 Å². The minimum atomic E-state index is -0.659. The Labute approximate surface area is 66.8 Å². The number of piperidine rings is 1. The average Bonchev–Trinajstić information content (AvgIpc) is 1.88. The van der Waals surface area contributed by atoms with Crippen molar-refractivity contribution in [2.45, 2.75) is 24.8 Å². The summed E-state index contributed by atoms with van der Waals surface area (Å²) >= 11 is 4.27. The van der Waals surface area contributed by atoms with Gasteiger partial charge >= 0.3 is 0 Å². The smallest absolute Gasteiger partial charge is 0.113 e. The summed E-state index contributed by atoms with van der Waals surface area (Å²) in [4.78, 5) is 0. The Morgan fingerprint density at radius 2 is 2.30 bits per heavy atom. The second-order valence-electron chi connectivity index (χ2n) is 2.99. The molecule has 1 nitrogen and oxygen atoms in total. The maximum Gasteiger partial charge on any atom is 0.113 e. The Balaban J connectivity index is 2.32. The molecular weight excluding hydrogens is 149 g/mol. The second-order valence-corrected chi connectivity index (χ2v) is 3.81. The van der Waals surface area contributed by atoms with Gasteiger partial charge in [0.2, 0.25) is 0 Å². The standard InChI is InChI=1S/C7H14FNS/c1-5(10)6-2-7(8)4-9-3-6/h5-7,9-10H,2-4H2,1H3/t5?,6?,7-/m0/s1. The number of hydrogen-bond donors (Lipinski definition) is 2. The fourth-order valence-corrected chi connectivity index (χ4v) is 1.52. The molecule has 1 aliphatic rings. The molecule has 0 radical (unpaired) electrons. The molecule has 0 bridgehead atoms. The number of thiol groups is 1. The highest BCUT2D eigenvalue weighted by Crippen LogP contribution is 2.19. The van der Waals surface area contributed by atoms with Gasteiger partial charge in [0.05, 0.1) is 0 Å². The van der Waals surface area contributed by atoms with Crippen LogP contribution in [0.15, 0.2) is 0 Å². The third-order valence-corrected chi connectivity index (χ3v) is 2.43. The maximum absolute atomic E-state index is 12.7. The second kappa shape index (κ2) is 3.58. The molecule has 0 aliphatic carbocycles. The van der Waals surface area contributed by atoms with Crippen molar-refractivity contribution in [1.82, 2.24) is 5.32 Å². The molecule has 3 heteroatoms. The van der Waals surface area contributed by atoms with Crippen LogP contribution in [-0.4, -0.2) is 24.5 Å². The highest BCUT2D eigenvalue weighted by molar-refractivity contribution is 7.80. The van der Waals surface area contributed by atoms with Crippen molar-refractivity contribution >= 4 is 12.6 Å². The maximum atomic E-state index is 12.7. The van der Waals surface area contributed by atoms with Crippen LogP contribution in [0, 0.1) is 5.92 Å². The van der Waals surface area contributed by atoms with Crippen LogP contribution in [-0.2, 0) is 0 Å². The van der Waals surface area contributed by atoms with Crippen LogP contribution >= 0.6 is 12.6 Å². The summed E-state index contributed by atoms with van der Waals surface area (Å²) < 4.78 is 12.7. The van der Waals surface area contributed by atoms with Gasteiger partial charge < -0.3 is 5.32 Å². The molecule has 10 heavy (non-hydrogen) atoms. The van der Waals surface area contributed by atoms with Crippen LogP contribution in [0.3, 0.4) is 0 Å². The van der Waals surface area contributed by atoms with E-state index >= 15 is 0 Å². The van der Waals surface area contributed by atoms with Crippen molar-refractivity contribution in [3.63, 3.8) is 0 Å². The van der Waals surface area contributed by atoms with Crippen LogP contribution in [0.25, 0.3) is 0 Å². The molecule has 0 aromatic heterocycles. The Morgan fingerprint density at radius 1 is 1.60 bits per heavy atom. The van der Waals surface area contributed by atoms with Crippen LogP contribution in [0.5, 0.6) is 0 Å². The largest absolute Gasteiger partial charge is 0.314 e. The number of nitrogens with one attached hydrogen (secondary N) is 1. The Bertz CT molecular complexity index is 108. The van der Waals surface area contributed by atoms with Gasteiger partial charge in [-0.1, -0.05) is 6.92 Å². The lowest BCUT2D eigenvalue weighted by molar-refractivity contribution is 0.215. The molecule has 1 fully saturated rings. The van der Waals surface area contributed by atoms with Gasteiger partial charge in [-0.2, -0.15) is 12.6 Å². The van der Waals surface area contributed by atoms with Gasteiger partial charge in [0, 0.05) is 11.8 Å². The van der Waals surface area contributed by atoms with Crippen LogP contribution in [0.1, 0.15) is 13.3 Å². The van der Waals surface area contributed by atoms with Gasteiger partial charge in [-0.3, -0.25) is 0 Å². The predicted octanol–water partition coefficient (Wildman–Crippen LogP) is 1.25. The van der Waals surface area contributed by atoms with Gasteiger partial charge in [-0.15, -0.1) is 0 Å². The first-order chi connectivity index (χ1) is 4.70. The predicted molar refractivity (Wildman–Crippen MR) is 44.3 cm³/mol. The van der Waals surface area contributed by atoms with E-state index in [4.69, 9.17) is 0 Å². The van der Waals surface area contributed by atoms with E-state index in [9.17, 15) is 4.39 Å². The third-order valence-electron chi connectivity index (χ3n) is 2.01. The normalized spacial score (nSPS) is 37.5. The Morgan fingerprint density at radius 3 is 2.70 bits per heavy atom. The summed E-state index contributed by atoms with van der Waals surface area (Å²) in [6, 6.07) is 0. The molecule has 3 atom stereocenters. The van der Waals surface area contributed by atoms with Crippen molar-refractivity contribution in [2.75, 3.05) is 13.1 Å². The summed E-state index contributed by atoms with van der Waals surface area (Å²) in [5.74, 6) is 0.409. The summed E-state index contributed by atoms with van der Waals surface area (Å²) in [7, 11) is 0. The highest BCUT2D eigenvalue weighted by Gasteiger charge is 2.23. The van der Waals surface area contributed by atoms with Gasteiger partial charge in [-0.05, 0) is 18.9 Å². The van der Waals surface area contributed by atoms with E-state index < -0.39 is 6.17 Å². The molecule has 0 spiro atoms. The molecule has 0 amide bonds. The van der Waals surface area contributed by atoms with Crippen LogP contribution < -0.4 is 5.32 Å². The van der Waals surface area contributed by atoms with E-state index in [-0.39, 0.29) is 0 Å². The minimum Gasteiger partial charge on any atom is -0.314 e. The van der Waals surface area contributed by atoms with Crippen molar-refractivity contribution in [3.05, 3.63) is 0 Å². The SMILES string of the molecule is CC(S)C1CNC[C@@H](F)C1. The lowest BCUT2D eigenvalue weighted by Gasteiger charge is -2.27. The van der Waals surface area contributed by atoms with Crippen LogP contribution in [0.2, 0.25) is 0 Å². The molecule has 1 heterocycles. The zero-order valence-electron chi connectivity index (χ0n) is 6.18. The minimum absolute atomic E-state index is 0.311. The fraction of sp³-hybridized carbons (Fsp3) is 1.00. The van der Waals surface area contributed by atoms with Crippen molar-refractivity contribution in [3.8, 4) is 0 Å². The number of hydrogen-bond acceptors (Lipinski definition) is 2. The molecule has 1 saturated heterocycles. The summed E-state index contributed by atoms with van der Waals surface area (Å²) in [6.45, 7) is 3.47. The third kappa shape index (κ3) is 2.13. The molecule has 1 aliphatic heterocycles. The van der Waals surface area contributed by atoms with E-state index in [1.54, 1.807) is 0 Å². The monoisotopic (exact) mass is 163 g/mol. The van der Waals surface area contributed by atoms with Crippen molar-refractivity contribution in [2.24, 2.45) is 5.92 Å². The van der Waals surface area contributed by atoms with Crippen molar-refractivity contribution in [1.29, 1.82) is 0 Å². The molecule has 0 aromatic rings. The van der Waals surface area contributed by atoms with Gasteiger partial charge in [0.15, 0.2) is 0 Å². The molecule has 1 N–H and O–H groups in total.